The highest BCUT2D eigenvalue weighted by Crippen LogP contribution is 2.23. The minimum Gasteiger partial charge on any atom is -0.338 e. The number of carbonyl (C=O) groups excluding carboxylic acids is 1. The molecule has 5 rings (SSSR count). The Labute approximate surface area is 153 Å². The van der Waals surface area contributed by atoms with Crippen molar-refractivity contribution in [3.8, 4) is 11.4 Å². The third kappa shape index (κ3) is 2.71. The number of hydrogen-bond donors (Lipinski definition) is 2. The smallest absolute Gasteiger partial charge is 0.258 e. The molecule has 0 radical (unpaired) electrons. The first-order chi connectivity index (χ1) is 13.3. The molecule has 3 aromatic carbocycles. The molecule has 2 N–H and O–H groups in total. The van der Waals surface area contributed by atoms with Gasteiger partial charge in [-0.25, -0.2) is 9.61 Å². The second kappa shape index (κ2) is 6.06. The van der Waals surface area contributed by atoms with Gasteiger partial charge in [0.05, 0.1) is 16.6 Å². The molecule has 0 saturated heterocycles. The Morgan fingerprint density at radius 3 is 2.56 bits per heavy atom. The van der Waals surface area contributed by atoms with Crippen molar-refractivity contribution in [3.63, 3.8) is 0 Å². The van der Waals surface area contributed by atoms with E-state index >= 15 is 0 Å². The number of nitrogens with one attached hydrogen (secondary N) is 2. The number of fused-ring (bicyclic) bond motifs is 2. The summed E-state index contributed by atoms with van der Waals surface area (Å²) in [4.78, 5) is 20.4. The third-order valence-corrected chi connectivity index (χ3v) is 4.34. The molecule has 7 heteroatoms. The van der Waals surface area contributed by atoms with Crippen molar-refractivity contribution >= 4 is 33.7 Å². The molecule has 0 fully saturated rings. The summed E-state index contributed by atoms with van der Waals surface area (Å²) in [5.41, 5.74) is 4.91. The minimum absolute atomic E-state index is 0.271. The highest BCUT2D eigenvalue weighted by atomic mass is 16.6. The van der Waals surface area contributed by atoms with Crippen molar-refractivity contribution in [3.05, 3.63) is 72.3 Å². The van der Waals surface area contributed by atoms with Crippen molar-refractivity contribution in [2.75, 3.05) is 5.32 Å². The first-order valence-corrected chi connectivity index (χ1v) is 8.36. The zero-order valence-electron chi connectivity index (χ0n) is 14.0. The maximum Gasteiger partial charge on any atom is 0.258 e. The average Bonchev–Trinajstić information content (AvgIpc) is 3.35. The number of imidazole rings is 1. The number of rotatable bonds is 3. The van der Waals surface area contributed by atoms with Gasteiger partial charge in [0.1, 0.15) is 16.9 Å². The van der Waals surface area contributed by atoms with Gasteiger partial charge in [-0.2, -0.15) is 0 Å². The van der Waals surface area contributed by atoms with Crippen molar-refractivity contribution in [2.45, 2.75) is 0 Å². The average molecular weight is 355 g/mol. The van der Waals surface area contributed by atoms with Crippen LogP contribution < -0.4 is 5.32 Å². The van der Waals surface area contributed by atoms with Crippen LogP contribution >= 0.6 is 0 Å². The summed E-state index contributed by atoms with van der Waals surface area (Å²) >= 11 is 0. The van der Waals surface area contributed by atoms with Gasteiger partial charge in [-0.05, 0) is 58.8 Å². The molecule has 27 heavy (non-hydrogen) atoms. The van der Waals surface area contributed by atoms with Gasteiger partial charge in [0, 0.05) is 11.3 Å². The standard InChI is InChI=1S/C20H13N5O2/c26-20(14-4-3-7-17-18(14)25-27-24-17)21-13-10-8-12(9-11-13)19-22-15-5-1-2-6-16(15)23-19/h1-11H,(H,21,26)(H,22,23). The van der Waals surface area contributed by atoms with Crippen LogP contribution in [0.5, 0.6) is 0 Å². The summed E-state index contributed by atoms with van der Waals surface area (Å²) in [6, 6.07) is 20.5. The van der Waals surface area contributed by atoms with E-state index in [0.29, 0.717) is 22.3 Å². The van der Waals surface area contributed by atoms with E-state index in [1.807, 2.05) is 48.5 Å². The van der Waals surface area contributed by atoms with E-state index in [-0.39, 0.29) is 5.91 Å². The molecule has 2 heterocycles. The molecule has 0 aliphatic carbocycles. The molecule has 0 saturated carbocycles. The number of nitrogens with zero attached hydrogens (tertiary/aromatic N) is 3. The summed E-state index contributed by atoms with van der Waals surface area (Å²) in [6.07, 6.45) is 0. The highest BCUT2D eigenvalue weighted by molar-refractivity contribution is 6.11. The molecular formula is C20H13N5O2. The number of aromatic amines is 1. The number of amides is 1. The summed E-state index contributed by atoms with van der Waals surface area (Å²) in [5.74, 6) is 0.514. The molecule has 0 atom stereocenters. The molecule has 1 amide bonds. The Morgan fingerprint density at radius 1 is 0.889 bits per heavy atom. The monoisotopic (exact) mass is 355 g/mol. The minimum atomic E-state index is -0.271. The van der Waals surface area contributed by atoms with E-state index in [9.17, 15) is 4.79 Å². The SMILES string of the molecule is O=C(Nc1ccc(-c2nc3ccccc3[nH]2)cc1)c1cccc2nonc12. The molecule has 130 valence electrons. The van der Waals surface area contributed by atoms with Gasteiger partial charge in [-0.15, -0.1) is 0 Å². The van der Waals surface area contributed by atoms with Crippen LogP contribution in [0.25, 0.3) is 33.5 Å². The van der Waals surface area contributed by atoms with E-state index in [1.165, 1.54) is 0 Å². The Kier molecular flexibility index (Phi) is 3.43. The lowest BCUT2D eigenvalue weighted by atomic mass is 10.1. The van der Waals surface area contributed by atoms with Crippen molar-refractivity contribution < 1.29 is 9.42 Å². The number of carbonyl (C=O) groups is 1. The van der Waals surface area contributed by atoms with E-state index in [0.717, 1.165) is 22.4 Å². The Balaban J connectivity index is 1.40. The van der Waals surface area contributed by atoms with Crippen LogP contribution in [0.2, 0.25) is 0 Å². The van der Waals surface area contributed by atoms with Gasteiger partial charge in [0.25, 0.3) is 5.91 Å². The summed E-state index contributed by atoms with van der Waals surface area (Å²) in [5, 5.41) is 10.4. The van der Waals surface area contributed by atoms with Gasteiger partial charge in [0.2, 0.25) is 0 Å². The zero-order valence-corrected chi connectivity index (χ0v) is 14.0. The molecule has 0 aliphatic heterocycles. The normalized spacial score (nSPS) is 11.1. The van der Waals surface area contributed by atoms with E-state index in [1.54, 1.807) is 18.2 Å². The molecule has 2 aromatic heterocycles. The fourth-order valence-electron chi connectivity index (χ4n) is 2.99. The predicted molar refractivity (Wildman–Crippen MR) is 101 cm³/mol. The fourth-order valence-corrected chi connectivity index (χ4v) is 2.99. The molecule has 5 aromatic rings. The Hall–Kier alpha value is -4.00. The number of H-pyrrole nitrogens is 1. The van der Waals surface area contributed by atoms with Gasteiger partial charge in [-0.3, -0.25) is 4.79 Å². The molecule has 0 bridgehead atoms. The van der Waals surface area contributed by atoms with E-state index in [4.69, 9.17) is 4.63 Å². The van der Waals surface area contributed by atoms with Crippen LogP contribution in [0.15, 0.2) is 71.4 Å². The number of para-hydroxylation sites is 2. The van der Waals surface area contributed by atoms with Crippen LogP contribution in [0, 0.1) is 0 Å². The van der Waals surface area contributed by atoms with Gasteiger partial charge >= 0.3 is 0 Å². The largest absolute Gasteiger partial charge is 0.338 e. The first kappa shape index (κ1) is 15.3. The van der Waals surface area contributed by atoms with Crippen molar-refractivity contribution in [1.29, 1.82) is 0 Å². The molecule has 0 unspecified atom stereocenters. The Morgan fingerprint density at radius 2 is 1.70 bits per heavy atom. The van der Waals surface area contributed by atoms with Gasteiger partial charge in [0.15, 0.2) is 0 Å². The van der Waals surface area contributed by atoms with Crippen LogP contribution in [0.1, 0.15) is 10.4 Å². The van der Waals surface area contributed by atoms with Crippen molar-refractivity contribution in [2.24, 2.45) is 0 Å². The summed E-state index contributed by atoms with van der Waals surface area (Å²) in [6.45, 7) is 0. The number of hydrogen-bond acceptors (Lipinski definition) is 5. The second-order valence-corrected chi connectivity index (χ2v) is 6.07. The number of benzene rings is 3. The molecule has 0 spiro atoms. The van der Waals surface area contributed by atoms with Crippen LogP contribution in [-0.2, 0) is 0 Å². The topological polar surface area (TPSA) is 96.7 Å². The van der Waals surface area contributed by atoms with Crippen LogP contribution in [0.3, 0.4) is 0 Å². The molecule has 0 aliphatic rings. The highest BCUT2D eigenvalue weighted by Gasteiger charge is 2.14. The van der Waals surface area contributed by atoms with Crippen LogP contribution in [0.4, 0.5) is 5.69 Å². The van der Waals surface area contributed by atoms with E-state index in [2.05, 4.69) is 25.6 Å². The third-order valence-electron chi connectivity index (χ3n) is 4.34. The first-order valence-electron chi connectivity index (χ1n) is 8.36. The summed E-state index contributed by atoms with van der Waals surface area (Å²) < 4.78 is 4.71. The van der Waals surface area contributed by atoms with Crippen molar-refractivity contribution in [1.82, 2.24) is 20.3 Å². The molecule has 7 nitrogen and oxygen atoms in total. The number of aromatic nitrogens is 4. The summed E-state index contributed by atoms with van der Waals surface area (Å²) in [7, 11) is 0. The van der Waals surface area contributed by atoms with E-state index < -0.39 is 0 Å². The maximum atomic E-state index is 12.6. The van der Waals surface area contributed by atoms with Crippen LogP contribution in [-0.4, -0.2) is 26.2 Å². The quantitative estimate of drug-likeness (QED) is 0.509. The van der Waals surface area contributed by atoms with Gasteiger partial charge in [-0.1, -0.05) is 18.2 Å². The lowest BCUT2D eigenvalue weighted by Crippen LogP contribution is -2.12. The zero-order chi connectivity index (χ0) is 18.2. The predicted octanol–water partition coefficient (Wildman–Crippen LogP) is 4.02. The number of anilines is 1. The lowest BCUT2D eigenvalue weighted by molar-refractivity contribution is 0.102. The lowest BCUT2D eigenvalue weighted by Gasteiger charge is -2.06. The Bertz CT molecular complexity index is 1240. The maximum absolute atomic E-state index is 12.6. The second-order valence-electron chi connectivity index (χ2n) is 6.07. The van der Waals surface area contributed by atoms with Gasteiger partial charge < -0.3 is 10.3 Å². The molecular weight excluding hydrogens is 342 g/mol. The fraction of sp³-hybridized carbons (Fsp3) is 0.